The van der Waals surface area contributed by atoms with Gasteiger partial charge in [-0.1, -0.05) is 6.07 Å². The van der Waals surface area contributed by atoms with Crippen molar-refractivity contribution in [1.82, 2.24) is 15.0 Å². The Bertz CT molecular complexity index is 597. The number of rotatable bonds is 4. The van der Waals surface area contributed by atoms with Crippen LogP contribution in [-0.2, 0) is 9.59 Å². The Morgan fingerprint density at radius 1 is 1.05 bits per heavy atom. The quantitative estimate of drug-likeness (QED) is 0.382. The Labute approximate surface area is 109 Å². The van der Waals surface area contributed by atoms with Crippen LogP contribution in [0.5, 0.6) is 0 Å². The Morgan fingerprint density at radius 2 is 1.79 bits per heavy atom. The second-order valence-corrected chi connectivity index (χ2v) is 3.50. The fraction of sp³-hybridized carbons (Fsp3) is 0. The molecule has 0 aliphatic rings. The minimum absolute atomic E-state index is 0.0499. The summed E-state index contributed by atoms with van der Waals surface area (Å²) < 4.78 is 0. The van der Waals surface area contributed by atoms with Gasteiger partial charge in [-0.05, 0) is 24.3 Å². The Balaban J connectivity index is 2.16. The smallest absolute Gasteiger partial charge is 0.261 e. The average Bonchev–Trinajstić information content (AvgIpc) is 2.47. The van der Waals surface area contributed by atoms with Crippen molar-refractivity contribution in [2.45, 2.75) is 0 Å². The summed E-state index contributed by atoms with van der Waals surface area (Å²) in [7, 11) is 0. The molecule has 0 saturated heterocycles. The van der Waals surface area contributed by atoms with E-state index in [-0.39, 0.29) is 11.5 Å². The molecule has 0 aromatic carbocycles. The molecule has 0 unspecified atom stereocenters. The van der Waals surface area contributed by atoms with Gasteiger partial charge in [0, 0.05) is 18.6 Å². The molecule has 2 heterocycles. The predicted octanol–water partition coefficient (Wildman–Crippen LogP) is 1.09. The van der Waals surface area contributed by atoms with E-state index in [9.17, 15) is 9.59 Å². The molecule has 6 nitrogen and oxygen atoms in total. The van der Waals surface area contributed by atoms with Gasteiger partial charge in [0.15, 0.2) is 6.29 Å². The molecule has 2 aromatic heterocycles. The molecule has 0 aliphatic heterocycles. The van der Waals surface area contributed by atoms with Crippen molar-refractivity contribution < 1.29 is 9.59 Å². The highest BCUT2D eigenvalue weighted by Crippen LogP contribution is 2.04. The summed E-state index contributed by atoms with van der Waals surface area (Å²) in [6.07, 6.45) is 6.42. The summed E-state index contributed by atoms with van der Waals surface area (Å²) in [6.45, 7) is 0. The van der Waals surface area contributed by atoms with Crippen molar-refractivity contribution in [3.63, 3.8) is 0 Å². The molecule has 6 heteroatoms. The number of anilines is 1. The lowest BCUT2D eigenvalue weighted by atomic mass is 10.2. The molecule has 0 saturated carbocycles. The van der Waals surface area contributed by atoms with E-state index in [1.54, 1.807) is 30.5 Å². The molecule has 0 fully saturated rings. The molecule has 0 atom stereocenters. The van der Waals surface area contributed by atoms with Gasteiger partial charge in [0.05, 0.1) is 11.3 Å². The SMILES string of the molecule is O=CC(=Cc1ccccn1)C(=O)Nc1ncccn1. The Kier molecular flexibility index (Phi) is 4.07. The Morgan fingerprint density at radius 3 is 2.42 bits per heavy atom. The lowest BCUT2D eigenvalue weighted by Crippen LogP contribution is -2.17. The lowest BCUT2D eigenvalue weighted by molar-refractivity contribution is -0.115. The van der Waals surface area contributed by atoms with E-state index in [1.807, 2.05) is 0 Å². The summed E-state index contributed by atoms with van der Waals surface area (Å²) in [6, 6.07) is 6.82. The summed E-state index contributed by atoms with van der Waals surface area (Å²) in [5, 5.41) is 2.42. The van der Waals surface area contributed by atoms with Crippen LogP contribution >= 0.6 is 0 Å². The number of hydrogen-bond donors (Lipinski definition) is 1. The second-order valence-electron chi connectivity index (χ2n) is 3.50. The van der Waals surface area contributed by atoms with E-state index in [1.165, 1.54) is 18.5 Å². The van der Waals surface area contributed by atoms with Crippen LogP contribution in [0.1, 0.15) is 5.69 Å². The third-order valence-corrected chi connectivity index (χ3v) is 2.17. The van der Waals surface area contributed by atoms with Crippen LogP contribution in [0.25, 0.3) is 6.08 Å². The maximum absolute atomic E-state index is 11.8. The molecular formula is C13H10N4O2. The number of aldehydes is 1. The summed E-state index contributed by atoms with van der Waals surface area (Å²) in [5.41, 5.74) is 0.472. The third-order valence-electron chi connectivity index (χ3n) is 2.17. The summed E-state index contributed by atoms with van der Waals surface area (Å²) in [5.74, 6) is -0.437. The van der Waals surface area contributed by atoms with Gasteiger partial charge in [0.2, 0.25) is 5.95 Å². The zero-order valence-corrected chi connectivity index (χ0v) is 9.85. The number of pyridine rings is 1. The van der Waals surface area contributed by atoms with Gasteiger partial charge in [0.25, 0.3) is 5.91 Å². The third kappa shape index (κ3) is 3.53. The number of carbonyl (C=O) groups is 2. The normalized spacial score (nSPS) is 10.8. The highest BCUT2D eigenvalue weighted by Gasteiger charge is 2.10. The van der Waals surface area contributed by atoms with E-state index in [4.69, 9.17) is 0 Å². The van der Waals surface area contributed by atoms with Crippen molar-refractivity contribution in [2.24, 2.45) is 0 Å². The van der Waals surface area contributed by atoms with Crippen LogP contribution in [0.2, 0.25) is 0 Å². The molecule has 0 aliphatic carbocycles. The number of nitrogens with one attached hydrogen (secondary N) is 1. The number of amides is 1. The van der Waals surface area contributed by atoms with E-state index in [0.717, 1.165) is 0 Å². The molecule has 19 heavy (non-hydrogen) atoms. The molecular weight excluding hydrogens is 244 g/mol. The molecule has 1 N–H and O–H groups in total. The molecule has 0 spiro atoms. The van der Waals surface area contributed by atoms with Gasteiger partial charge in [-0.3, -0.25) is 19.9 Å². The maximum atomic E-state index is 11.8. The fourth-order valence-corrected chi connectivity index (χ4v) is 1.31. The van der Waals surface area contributed by atoms with Gasteiger partial charge < -0.3 is 0 Å². The minimum atomic E-state index is -0.577. The van der Waals surface area contributed by atoms with Crippen molar-refractivity contribution in [1.29, 1.82) is 0 Å². The number of carbonyl (C=O) groups excluding carboxylic acids is 2. The standard InChI is InChI=1S/C13H10N4O2/c18-9-10(8-11-4-1-2-5-14-11)12(19)17-13-15-6-3-7-16-13/h1-9H,(H,15,16,17,19). The van der Waals surface area contributed by atoms with E-state index in [2.05, 4.69) is 20.3 Å². The van der Waals surface area contributed by atoms with Gasteiger partial charge >= 0.3 is 0 Å². The Hall–Kier alpha value is -2.89. The van der Waals surface area contributed by atoms with E-state index < -0.39 is 5.91 Å². The van der Waals surface area contributed by atoms with Crippen LogP contribution < -0.4 is 5.32 Å². The molecule has 94 valence electrons. The minimum Gasteiger partial charge on any atom is -0.298 e. The molecule has 2 aromatic rings. The van der Waals surface area contributed by atoms with Gasteiger partial charge in [-0.2, -0.15) is 0 Å². The molecule has 1 amide bonds. The first-order valence-electron chi connectivity index (χ1n) is 5.46. The largest absolute Gasteiger partial charge is 0.298 e. The second kappa shape index (κ2) is 6.15. The zero-order chi connectivity index (χ0) is 13.5. The highest BCUT2D eigenvalue weighted by atomic mass is 16.2. The average molecular weight is 254 g/mol. The zero-order valence-electron chi connectivity index (χ0n) is 9.85. The van der Waals surface area contributed by atoms with E-state index in [0.29, 0.717) is 12.0 Å². The van der Waals surface area contributed by atoms with Crippen LogP contribution in [0.4, 0.5) is 5.95 Å². The number of aromatic nitrogens is 3. The van der Waals surface area contributed by atoms with E-state index >= 15 is 0 Å². The van der Waals surface area contributed by atoms with Gasteiger partial charge in [-0.15, -0.1) is 0 Å². The molecule has 2 rings (SSSR count). The molecule has 0 bridgehead atoms. The first-order chi connectivity index (χ1) is 9.29. The first-order valence-corrected chi connectivity index (χ1v) is 5.46. The summed E-state index contributed by atoms with van der Waals surface area (Å²) >= 11 is 0. The first kappa shape index (κ1) is 12.6. The van der Waals surface area contributed by atoms with Crippen LogP contribution in [-0.4, -0.2) is 27.1 Å². The fourth-order valence-electron chi connectivity index (χ4n) is 1.31. The molecule has 0 radical (unpaired) electrons. The van der Waals surface area contributed by atoms with Gasteiger partial charge in [0.1, 0.15) is 0 Å². The lowest BCUT2D eigenvalue weighted by Gasteiger charge is -2.02. The van der Waals surface area contributed by atoms with Gasteiger partial charge in [-0.25, -0.2) is 9.97 Å². The van der Waals surface area contributed by atoms with Crippen LogP contribution in [0.15, 0.2) is 48.4 Å². The van der Waals surface area contributed by atoms with Crippen molar-refractivity contribution in [2.75, 3.05) is 5.32 Å². The van der Waals surface area contributed by atoms with Crippen molar-refractivity contribution >= 4 is 24.2 Å². The predicted molar refractivity (Wildman–Crippen MR) is 68.9 cm³/mol. The number of hydrogen-bond acceptors (Lipinski definition) is 5. The summed E-state index contributed by atoms with van der Waals surface area (Å²) in [4.78, 5) is 34.5. The van der Waals surface area contributed by atoms with Crippen LogP contribution in [0.3, 0.4) is 0 Å². The van der Waals surface area contributed by atoms with Crippen LogP contribution in [0, 0.1) is 0 Å². The maximum Gasteiger partial charge on any atom is 0.261 e. The van der Waals surface area contributed by atoms with Crippen molar-refractivity contribution in [3.8, 4) is 0 Å². The number of nitrogens with zero attached hydrogens (tertiary/aromatic N) is 3. The monoisotopic (exact) mass is 254 g/mol. The van der Waals surface area contributed by atoms with Crippen molar-refractivity contribution in [3.05, 3.63) is 54.1 Å². The topological polar surface area (TPSA) is 84.8 Å². The highest BCUT2D eigenvalue weighted by molar-refractivity contribution is 6.19.